The molecule has 0 radical (unpaired) electrons. The molecule has 0 saturated carbocycles. The van der Waals surface area contributed by atoms with E-state index in [1.165, 1.54) is 14.2 Å². The monoisotopic (exact) mass is 331 g/mol. The van der Waals surface area contributed by atoms with E-state index in [0.717, 1.165) is 19.3 Å². The van der Waals surface area contributed by atoms with Crippen LogP contribution in [0.15, 0.2) is 24.3 Å². The lowest BCUT2D eigenvalue weighted by Crippen LogP contribution is -2.24. The second-order valence-corrected chi connectivity index (χ2v) is 7.54. The van der Waals surface area contributed by atoms with Crippen LogP contribution in [0.4, 0.5) is 0 Å². The summed E-state index contributed by atoms with van der Waals surface area (Å²) in [6.45, 7) is 0.0865. The Morgan fingerprint density at radius 1 is 1.19 bits per heavy atom. The minimum Gasteiger partial charge on any atom is -0.424 e. The van der Waals surface area contributed by atoms with Crippen LogP contribution in [0.25, 0.3) is 0 Å². The van der Waals surface area contributed by atoms with Gasteiger partial charge in [0.15, 0.2) is 0 Å². The molecule has 1 N–H and O–H groups in total. The van der Waals surface area contributed by atoms with Gasteiger partial charge >= 0.3 is 6.72 Å². The highest BCUT2D eigenvalue weighted by atomic mass is 32.5. The van der Waals surface area contributed by atoms with Gasteiger partial charge in [0.2, 0.25) is 0 Å². The van der Waals surface area contributed by atoms with Gasteiger partial charge in [0.25, 0.3) is 5.91 Å². The molecule has 1 amide bonds. The number of carbonyl (C=O) groups excluding carboxylic acids is 1. The summed E-state index contributed by atoms with van der Waals surface area (Å²) in [6.07, 6.45) is 3.24. The summed E-state index contributed by atoms with van der Waals surface area (Å²) in [5.74, 6) is 0.431. The van der Waals surface area contributed by atoms with Gasteiger partial charge in [-0.05, 0) is 30.7 Å². The molecule has 0 aliphatic rings. The number of unbranched alkanes of at least 4 members (excludes halogenated alkanes) is 2. The number of benzene rings is 1. The molecule has 5 nitrogen and oxygen atoms in total. The lowest BCUT2D eigenvalue weighted by Gasteiger charge is -2.18. The second-order valence-electron chi connectivity index (χ2n) is 4.39. The molecule has 1 rings (SSSR count). The first-order valence-corrected chi connectivity index (χ1v) is 9.39. The standard InChI is InChI=1S/C14H22NO4PS/c1-4-5-6-11-15-14(16)12-7-9-13(10-8-12)19-20(21,17-2)18-3/h7-10H,4-6,11H2,1-3H3,(H,15,16). The fourth-order valence-electron chi connectivity index (χ4n) is 1.62. The van der Waals surface area contributed by atoms with Crippen LogP contribution in [0, 0.1) is 0 Å². The topological polar surface area (TPSA) is 56.8 Å². The Hall–Kier alpha value is -0.940. The summed E-state index contributed by atoms with van der Waals surface area (Å²) in [5, 5.41) is 2.88. The number of carbonyl (C=O) groups is 1. The van der Waals surface area contributed by atoms with E-state index in [1.807, 2.05) is 0 Å². The maximum atomic E-state index is 11.9. The second kappa shape index (κ2) is 9.15. The van der Waals surface area contributed by atoms with Crippen molar-refractivity contribution in [2.24, 2.45) is 0 Å². The molecule has 0 aliphatic heterocycles. The van der Waals surface area contributed by atoms with E-state index in [9.17, 15) is 4.79 Å². The number of hydrogen-bond acceptors (Lipinski definition) is 5. The van der Waals surface area contributed by atoms with Crippen molar-refractivity contribution in [1.29, 1.82) is 0 Å². The SMILES string of the molecule is CCCCCNC(=O)c1ccc(OP(=S)(OC)OC)cc1. The zero-order chi connectivity index (χ0) is 15.7. The molecule has 0 aromatic heterocycles. The lowest BCUT2D eigenvalue weighted by molar-refractivity contribution is 0.0953. The van der Waals surface area contributed by atoms with Gasteiger partial charge in [0.05, 0.1) is 0 Å². The third kappa shape index (κ3) is 6.14. The smallest absolute Gasteiger partial charge is 0.380 e. The third-order valence-electron chi connectivity index (χ3n) is 2.85. The predicted molar refractivity (Wildman–Crippen MR) is 87.2 cm³/mol. The van der Waals surface area contributed by atoms with Gasteiger partial charge in [0.1, 0.15) is 5.75 Å². The van der Waals surface area contributed by atoms with E-state index < -0.39 is 6.72 Å². The van der Waals surface area contributed by atoms with Crippen molar-refractivity contribution in [2.45, 2.75) is 26.2 Å². The maximum absolute atomic E-state index is 11.9. The van der Waals surface area contributed by atoms with Gasteiger partial charge < -0.3 is 18.9 Å². The molecule has 0 bridgehead atoms. The highest BCUT2D eigenvalue weighted by molar-refractivity contribution is 8.07. The van der Waals surface area contributed by atoms with Crippen molar-refractivity contribution in [1.82, 2.24) is 5.32 Å². The van der Waals surface area contributed by atoms with Gasteiger partial charge in [-0.15, -0.1) is 0 Å². The average molecular weight is 331 g/mol. The molecule has 0 fully saturated rings. The Morgan fingerprint density at radius 2 is 1.81 bits per heavy atom. The Labute approximate surface area is 131 Å². The highest BCUT2D eigenvalue weighted by Gasteiger charge is 2.18. The van der Waals surface area contributed by atoms with Crippen LogP contribution in [-0.2, 0) is 20.9 Å². The van der Waals surface area contributed by atoms with Crippen LogP contribution in [0.2, 0.25) is 0 Å². The average Bonchev–Trinajstić information content (AvgIpc) is 2.52. The molecular formula is C14H22NO4PS. The Kier molecular flexibility index (Phi) is 7.89. The van der Waals surface area contributed by atoms with E-state index in [2.05, 4.69) is 12.2 Å². The molecule has 0 heterocycles. The quantitative estimate of drug-likeness (QED) is 0.554. The first-order chi connectivity index (χ1) is 10.0. The van der Waals surface area contributed by atoms with Gasteiger partial charge in [0, 0.05) is 38.1 Å². The minimum absolute atomic E-state index is 0.0874. The molecule has 0 aliphatic carbocycles. The molecule has 21 heavy (non-hydrogen) atoms. The maximum Gasteiger partial charge on any atom is 0.380 e. The van der Waals surface area contributed by atoms with Gasteiger partial charge in [-0.2, -0.15) is 0 Å². The summed E-state index contributed by atoms with van der Waals surface area (Å²) in [7, 11) is 2.89. The van der Waals surface area contributed by atoms with Crippen LogP contribution in [0.3, 0.4) is 0 Å². The molecule has 118 valence electrons. The number of nitrogens with one attached hydrogen (secondary N) is 1. The zero-order valence-corrected chi connectivity index (χ0v) is 14.3. The van der Waals surface area contributed by atoms with Crippen molar-refractivity contribution in [3.8, 4) is 5.75 Å². The summed E-state index contributed by atoms with van der Waals surface area (Å²) in [4.78, 5) is 11.9. The van der Waals surface area contributed by atoms with E-state index >= 15 is 0 Å². The molecule has 7 heteroatoms. The molecule has 0 spiro atoms. The number of amides is 1. The van der Waals surface area contributed by atoms with Crippen LogP contribution >= 0.6 is 6.72 Å². The van der Waals surface area contributed by atoms with Crippen molar-refractivity contribution >= 4 is 24.4 Å². The Morgan fingerprint density at radius 3 is 2.33 bits per heavy atom. The first-order valence-electron chi connectivity index (χ1n) is 6.84. The van der Waals surface area contributed by atoms with Gasteiger partial charge in [-0.25, -0.2) is 0 Å². The summed E-state index contributed by atoms with van der Waals surface area (Å²) in [6, 6.07) is 6.74. The summed E-state index contributed by atoms with van der Waals surface area (Å²) >= 11 is 5.12. The molecular weight excluding hydrogens is 309 g/mol. The zero-order valence-electron chi connectivity index (χ0n) is 12.6. The Bertz CT molecular complexity index is 484. The van der Waals surface area contributed by atoms with Crippen molar-refractivity contribution in [3.05, 3.63) is 29.8 Å². The van der Waals surface area contributed by atoms with Crippen LogP contribution in [-0.4, -0.2) is 26.7 Å². The van der Waals surface area contributed by atoms with E-state index in [4.69, 9.17) is 25.4 Å². The van der Waals surface area contributed by atoms with Gasteiger partial charge in [-0.1, -0.05) is 19.8 Å². The van der Waals surface area contributed by atoms with Crippen LogP contribution in [0.5, 0.6) is 5.75 Å². The van der Waals surface area contributed by atoms with E-state index in [0.29, 0.717) is 17.9 Å². The van der Waals surface area contributed by atoms with Crippen LogP contribution < -0.4 is 9.84 Å². The minimum atomic E-state index is -2.73. The van der Waals surface area contributed by atoms with Gasteiger partial charge in [-0.3, -0.25) is 4.79 Å². The fraction of sp³-hybridized carbons (Fsp3) is 0.500. The molecule has 0 atom stereocenters. The molecule has 1 aromatic rings. The molecule has 1 aromatic carbocycles. The van der Waals surface area contributed by atoms with Crippen molar-refractivity contribution in [3.63, 3.8) is 0 Å². The largest absolute Gasteiger partial charge is 0.424 e. The van der Waals surface area contributed by atoms with Crippen molar-refractivity contribution < 1.29 is 18.4 Å². The highest BCUT2D eigenvalue weighted by Crippen LogP contribution is 2.48. The van der Waals surface area contributed by atoms with Crippen molar-refractivity contribution in [2.75, 3.05) is 20.8 Å². The van der Waals surface area contributed by atoms with Crippen LogP contribution in [0.1, 0.15) is 36.5 Å². The lowest BCUT2D eigenvalue weighted by atomic mass is 10.2. The summed E-state index contributed by atoms with van der Waals surface area (Å²) < 4.78 is 15.6. The van der Waals surface area contributed by atoms with E-state index in [-0.39, 0.29) is 5.91 Å². The number of rotatable bonds is 9. The summed E-state index contributed by atoms with van der Waals surface area (Å²) in [5.41, 5.74) is 0.585. The fourth-order valence-corrected chi connectivity index (χ4v) is 2.56. The molecule has 0 saturated heterocycles. The van der Waals surface area contributed by atoms with E-state index in [1.54, 1.807) is 24.3 Å². The number of hydrogen-bond donors (Lipinski definition) is 1. The predicted octanol–water partition coefficient (Wildman–Crippen LogP) is 3.50. The third-order valence-corrected chi connectivity index (χ3v) is 5.29. The normalized spacial score (nSPS) is 11.2. The first kappa shape index (κ1) is 18.1. The Balaban J connectivity index is 2.57. The molecule has 0 unspecified atom stereocenters.